The maximum Gasteiger partial charge on any atom is 0.315 e. The number of nitrogens with zero attached hydrogens (tertiary/aromatic N) is 2. The van der Waals surface area contributed by atoms with Gasteiger partial charge in [-0.2, -0.15) is 0 Å². The fourth-order valence-corrected chi connectivity index (χ4v) is 3.07. The quantitative estimate of drug-likeness (QED) is 0.779. The van der Waals surface area contributed by atoms with Crippen molar-refractivity contribution in [2.75, 3.05) is 46.0 Å². The normalized spacial score (nSPS) is 17.7. The molecule has 2 rings (SSSR count). The van der Waals surface area contributed by atoms with Gasteiger partial charge in [-0.3, -0.25) is 4.90 Å². The zero-order chi connectivity index (χ0) is 16.7. The molecule has 1 heterocycles. The molecule has 1 aliphatic rings. The number of nitrogens with one attached hydrogen (secondary N) is 2. The number of hydrogen-bond donors (Lipinski definition) is 2. The van der Waals surface area contributed by atoms with Gasteiger partial charge in [0.15, 0.2) is 0 Å². The predicted octanol–water partition coefficient (Wildman–Crippen LogP) is 1.84. The van der Waals surface area contributed by atoms with Crippen molar-refractivity contribution in [1.29, 1.82) is 0 Å². The van der Waals surface area contributed by atoms with Gasteiger partial charge in [-0.1, -0.05) is 12.1 Å². The van der Waals surface area contributed by atoms with E-state index in [1.54, 1.807) is 11.8 Å². The van der Waals surface area contributed by atoms with E-state index in [-0.39, 0.29) is 12.1 Å². The molecular weight excluding hydrogens is 308 g/mol. The van der Waals surface area contributed by atoms with Crippen LogP contribution in [0.2, 0.25) is 0 Å². The molecule has 0 spiro atoms. The van der Waals surface area contributed by atoms with Gasteiger partial charge < -0.3 is 15.5 Å². The van der Waals surface area contributed by atoms with Crippen molar-refractivity contribution in [2.45, 2.75) is 24.4 Å². The van der Waals surface area contributed by atoms with Crippen molar-refractivity contribution in [3.05, 3.63) is 29.8 Å². The number of urea groups is 1. The Labute approximate surface area is 143 Å². The number of carbonyl (C=O) groups is 1. The molecule has 1 saturated heterocycles. The van der Waals surface area contributed by atoms with Crippen molar-refractivity contribution in [3.63, 3.8) is 0 Å². The van der Waals surface area contributed by atoms with Gasteiger partial charge in [-0.15, -0.1) is 11.8 Å². The summed E-state index contributed by atoms with van der Waals surface area (Å²) < 4.78 is 0. The number of carbonyl (C=O) groups excluding carboxylic acids is 1. The van der Waals surface area contributed by atoms with Crippen molar-refractivity contribution >= 4 is 17.8 Å². The summed E-state index contributed by atoms with van der Waals surface area (Å²) >= 11 is 1.72. The third kappa shape index (κ3) is 6.41. The van der Waals surface area contributed by atoms with E-state index < -0.39 is 0 Å². The summed E-state index contributed by atoms with van der Waals surface area (Å²) in [5, 5.41) is 5.95. The molecule has 2 amide bonds. The Morgan fingerprint density at radius 3 is 2.48 bits per heavy atom. The fraction of sp³-hybridized carbons (Fsp3) is 0.588. The third-order valence-electron chi connectivity index (χ3n) is 4.12. The third-order valence-corrected chi connectivity index (χ3v) is 4.86. The zero-order valence-electron chi connectivity index (χ0n) is 14.3. The molecule has 0 radical (unpaired) electrons. The van der Waals surface area contributed by atoms with Crippen molar-refractivity contribution < 1.29 is 4.79 Å². The van der Waals surface area contributed by atoms with Crippen LogP contribution in [0.1, 0.15) is 12.5 Å². The summed E-state index contributed by atoms with van der Waals surface area (Å²) in [4.78, 5) is 18.0. The van der Waals surface area contributed by atoms with Crippen LogP contribution in [-0.4, -0.2) is 67.9 Å². The van der Waals surface area contributed by atoms with E-state index in [1.807, 2.05) is 0 Å². The van der Waals surface area contributed by atoms with Gasteiger partial charge in [0.25, 0.3) is 0 Å². The number of amides is 2. The zero-order valence-corrected chi connectivity index (χ0v) is 15.2. The van der Waals surface area contributed by atoms with E-state index in [0.29, 0.717) is 6.54 Å². The maximum atomic E-state index is 12.0. The van der Waals surface area contributed by atoms with Crippen LogP contribution in [0.5, 0.6) is 0 Å². The molecule has 0 aromatic heterocycles. The van der Waals surface area contributed by atoms with E-state index in [4.69, 9.17) is 0 Å². The van der Waals surface area contributed by atoms with E-state index in [9.17, 15) is 4.79 Å². The highest BCUT2D eigenvalue weighted by Gasteiger charge is 2.16. The van der Waals surface area contributed by atoms with Gasteiger partial charge in [0.05, 0.1) is 0 Å². The molecule has 6 heteroatoms. The Bertz CT molecular complexity index is 486. The molecule has 2 N–H and O–H groups in total. The SMILES string of the molecule is CSc1ccc(CNC(=O)N[C@H](C)CN2CCN(C)CC2)cc1. The fourth-order valence-electron chi connectivity index (χ4n) is 2.66. The van der Waals surface area contributed by atoms with E-state index >= 15 is 0 Å². The average Bonchev–Trinajstić information content (AvgIpc) is 2.55. The van der Waals surface area contributed by atoms with E-state index in [2.05, 4.69) is 64.9 Å². The Morgan fingerprint density at radius 2 is 1.87 bits per heavy atom. The summed E-state index contributed by atoms with van der Waals surface area (Å²) in [6, 6.07) is 8.32. The first kappa shape index (κ1) is 18.1. The number of likely N-dealkylation sites (N-methyl/N-ethyl adjacent to an activating group) is 1. The molecule has 0 unspecified atom stereocenters. The molecule has 128 valence electrons. The second-order valence-corrected chi connectivity index (χ2v) is 7.06. The van der Waals surface area contributed by atoms with Gasteiger partial charge in [-0.05, 0) is 37.9 Å². The lowest BCUT2D eigenvalue weighted by Gasteiger charge is -2.34. The van der Waals surface area contributed by atoms with Gasteiger partial charge in [0.2, 0.25) is 0 Å². The van der Waals surface area contributed by atoms with Gasteiger partial charge >= 0.3 is 6.03 Å². The second kappa shape index (κ2) is 9.15. The molecule has 1 aromatic carbocycles. The Morgan fingerprint density at radius 1 is 1.22 bits per heavy atom. The van der Waals surface area contributed by atoms with Crippen LogP contribution in [0.4, 0.5) is 4.79 Å². The molecule has 0 saturated carbocycles. The van der Waals surface area contributed by atoms with E-state index in [1.165, 1.54) is 4.90 Å². The molecule has 1 atom stereocenters. The highest BCUT2D eigenvalue weighted by Crippen LogP contribution is 2.14. The molecule has 5 nitrogen and oxygen atoms in total. The van der Waals surface area contributed by atoms with Gasteiger partial charge in [-0.25, -0.2) is 4.79 Å². The molecule has 1 aliphatic heterocycles. The maximum absolute atomic E-state index is 12.0. The van der Waals surface area contributed by atoms with Crippen LogP contribution in [-0.2, 0) is 6.54 Å². The minimum absolute atomic E-state index is 0.0967. The minimum atomic E-state index is -0.0967. The highest BCUT2D eigenvalue weighted by molar-refractivity contribution is 7.98. The van der Waals surface area contributed by atoms with Crippen molar-refractivity contribution in [1.82, 2.24) is 20.4 Å². The standard InChI is InChI=1S/C17H28N4OS/c1-14(13-21-10-8-20(2)9-11-21)19-17(22)18-12-15-4-6-16(23-3)7-5-15/h4-7,14H,8-13H2,1-3H3,(H2,18,19,22)/t14-/m1/s1. The average molecular weight is 337 g/mol. The topological polar surface area (TPSA) is 47.6 Å². The molecule has 1 aromatic rings. The smallest absolute Gasteiger partial charge is 0.315 e. The summed E-state index contributed by atoms with van der Waals surface area (Å²) in [5.41, 5.74) is 1.12. The summed E-state index contributed by atoms with van der Waals surface area (Å²) in [5.74, 6) is 0. The minimum Gasteiger partial charge on any atom is -0.334 e. The van der Waals surface area contributed by atoms with Crippen LogP contribution < -0.4 is 10.6 Å². The summed E-state index contributed by atoms with van der Waals surface area (Å²) in [7, 11) is 2.15. The second-order valence-electron chi connectivity index (χ2n) is 6.18. The first-order valence-electron chi connectivity index (χ1n) is 8.15. The molecular formula is C17H28N4OS. The highest BCUT2D eigenvalue weighted by atomic mass is 32.2. The Hall–Kier alpha value is -1.24. The lowest BCUT2D eigenvalue weighted by atomic mass is 10.2. The monoisotopic (exact) mass is 336 g/mol. The first-order chi connectivity index (χ1) is 11.1. The lowest BCUT2D eigenvalue weighted by molar-refractivity contribution is 0.144. The van der Waals surface area contributed by atoms with Gasteiger partial charge in [0, 0.05) is 50.2 Å². The van der Waals surface area contributed by atoms with Crippen LogP contribution in [0.15, 0.2) is 29.2 Å². The molecule has 1 fully saturated rings. The Kier molecular flexibility index (Phi) is 7.20. The van der Waals surface area contributed by atoms with Crippen molar-refractivity contribution in [2.24, 2.45) is 0 Å². The van der Waals surface area contributed by atoms with Crippen LogP contribution in [0.3, 0.4) is 0 Å². The first-order valence-corrected chi connectivity index (χ1v) is 9.37. The molecule has 0 aliphatic carbocycles. The number of thioether (sulfide) groups is 1. The molecule has 0 bridgehead atoms. The Balaban J connectivity index is 1.67. The number of benzene rings is 1. The van der Waals surface area contributed by atoms with Gasteiger partial charge in [0.1, 0.15) is 0 Å². The van der Waals surface area contributed by atoms with Crippen LogP contribution in [0, 0.1) is 0 Å². The molecule has 23 heavy (non-hydrogen) atoms. The van der Waals surface area contributed by atoms with Crippen molar-refractivity contribution in [3.8, 4) is 0 Å². The lowest BCUT2D eigenvalue weighted by Crippen LogP contribution is -2.51. The predicted molar refractivity (Wildman–Crippen MR) is 97.0 cm³/mol. The van der Waals surface area contributed by atoms with E-state index in [0.717, 1.165) is 38.3 Å². The van der Waals surface area contributed by atoms with Crippen LogP contribution in [0.25, 0.3) is 0 Å². The number of rotatable bonds is 6. The largest absolute Gasteiger partial charge is 0.334 e. The number of hydrogen-bond acceptors (Lipinski definition) is 4. The number of piperazine rings is 1. The van der Waals surface area contributed by atoms with Crippen LogP contribution >= 0.6 is 11.8 Å². The summed E-state index contributed by atoms with van der Waals surface area (Å²) in [6.07, 6.45) is 2.06. The summed E-state index contributed by atoms with van der Waals surface area (Å²) in [6.45, 7) is 7.88.